The van der Waals surface area contributed by atoms with Gasteiger partial charge in [0.25, 0.3) is 0 Å². The van der Waals surface area contributed by atoms with Gasteiger partial charge in [0, 0.05) is 5.56 Å². The maximum absolute atomic E-state index is 11.1. The van der Waals surface area contributed by atoms with Crippen molar-refractivity contribution < 1.29 is 9.90 Å². The molecule has 0 saturated heterocycles. The molecule has 0 unspecified atom stereocenters. The first-order valence-corrected chi connectivity index (χ1v) is 4.87. The van der Waals surface area contributed by atoms with Gasteiger partial charge in [0.05, 0.1) is 5.69 Å². The zero-order valence-corrected chi connectivity index (χ0v) is 8.85. The van der Waals surface area contributed by atoms with Gasteiger partial charge in [-0.15, -0.1) is 0 Å². The molecule has 0 aliphatic heterocycles. The van der Waals surface area contributed by atoms with Crippen LogP contribution in [0.3, 0.4) is 0 Å². The van der Waals surface area contributed by atoms with E-state index in [1.165, 1.54) is 6.33 Å². The standard InChI is InChI=1S/C11H7ClN2O2/c12-10-8(11(15)16)9(13-6-14-10)7-4-2-1-3-5-7/h1-6H,(H,15,16). The van der Waals surface area contributed by atoms with Crippen LogP contribution < -0.4 is 0 Å². The molecular weight excluding hydrogens is 228 g/mol. The minimum absolute atomic E-state index is 0.0543. The number of aromatic carboxylic acids is 1. The van der Waals surface area contributed by atoms with Crippen molar-refractivity contribution in [2.24, 2.45) is 0 Å². The lowest BCUT2D eigenvalue weighted by Gasteiger charge is -2.05. The summed E-state index contributed by atoms with van der Waals surface area (Å²) in [5, 5.41) is 8.99. The average molecular weight is 235 g/mol. The summed E-state index contributed by atoms with van der Waals surface area (Å²) in [5.41, 5.74) is 0.952. The van der Waals surface area contributed by atoms with E-state index in [4.69, 9.17) is 16.7 Å². The van der Waals surface area contributed by atoms with Crippen LogP contribution in [0.4, 0.5) is 0 Å². The van der Waals surface area contributed by atoms with Crippen molar-refractivity contribution in [2.45, 2.75) is 0 Å². The van der Waals surface area contributed by atoms with Crippen LogP contribution >= 0.6 is 11.6 Å². The second-order valence-corrected chi connectivity index (χ2v) is 3.42. The Hall–Kier alpha value is -1.94. The minimum Gasteiger partial charge on any atom is -0.478 e. The fraction of sp³-hybridized carbons (Fsp3) is 0. The minimum atomic E-state index is -1.13. The Morgan fingerprint density at radius 2 is 1.88 bits per heavy atom. The van der Waals surface area contributed by atoms with Gasteiger partial charge in [0.2, 0.25) is 0 Å². The molecule has 1 N–H and O–H groups in total. The number of carbonyl (C=O) groups is 1. The molecule has 0 atom stereocenters. The number of hydrogen-bond donors (Lipinski definition) is 1. The van der Waals surface area contributed by atoms with E-state index in [2.05, 4.69) is 9.97 Å². The highest BCUT2D eigenvalue weighted by Gasteiger charge is 2.17. The van der Waals surface area contributed by atoms with Crippen LogP contribution in [-0.2, 0) is 0 Å². The number of hydrogen-bond acceptors (Lipinski definition) is 3. The molecule has 0 aliphatic carbocycles. The number of rotatable bonds is 2. The molecular formula is C11H7ClN2O2. The van der Waals surface area contributed by atoms with Crippen molar-refractivity contribution in [1.82, 2.24) is 9.97 Å². The van der Waals surface area contributed by atoms with E-state index in [1.54, 1.807) is 24.3 Å². The zero-order valence-electron chi connectivity index (χ0n) is 8.09. The third-order valence-electron chi connectivity index (χ3n) is 2.06. The molecule has 5 heteroatoms. The van der Waals surface area contributed by atoms with E-state index in [9.17, 15) is 4.79 Å². The summed E-state index contributed by atoms with van der Waals surface area (Å²) in [5.74, 6) is -1.13. The zero-order chi connectivity index (χ0) is 11.5. The van der Waals surface area contributed by atoms with Gasteiger partial charge < -0.3 is 5.11 Å². The molecule has 2 rings (SSSR count). The van der Waals surface area contributed by atoms with Gasteiger partial charge in [0.1, 0.15) is 17.0 Å². The van der Waals surface area contributed by atoms with Crippen LogP contribution in [0.5, 0.6) is 0 Å². The van der Waals surface area contributed by atoms with Crippen molar-refractivity contribution >= 4 is 17.6 Å². The van der Waals surface area contributed by atoms with E-state index in [-0.39, 0.29) is 10.7 Å². The van der Waals surface area contributed by atoms with Crippen LogP contribution in [-0.4, -0.2) is 21.0 Å². The Morgan fingerprint density at radius 1 is 1.19 bits per heavy atom. The normalized spacial score (nSPS) is 10.1. The van der Waals surface area contributed by atoms with E-state index in [0.717, 1.165) is 0 Å². The second-order valence-electron chi connectivity index (χ2n) is 3.06. The number of nitrogens with zero attached hydrogens (tertiary/aromatic N) is 2. The Balaban J connectivity index is 2.66. The summed E-state index contributed by atoms with van der Waals surface area (Å²) in [6, 6.07) is 8.98. The lowest BCUT2D eigenvalue weighted by molar-refractivity contribution is 0.0697. The summed E-state index contributed by atoms with van der Waals surface area (Å²) < 4.78 is 0. The number of carboxylic acid groups (broad SMARTS) is 1. The van der Waals surface area contributed by atoms with Gasteiger partial charge in [-0.25, -0.2) is 14.8 Å². The molecule has 0 spiro atoms. The smallest absolute Gasteiger partial charge is 0.341 e. The molecule has 1 aromatic carbocycles. The quantitative estimate of drug-likeness (QED) is 0.811. The Labute approximate surface area is 96.6 Å². The number of carboxylic acids is 1. The highest BCUT2D eigenvalue weighted by atomic mass is 35.5. The van der Waals surface area contributed by atoms with Crippen LogP contribution in [0.15, 0.2) is 36.7 Å². The lowest BCUT2D eigenvalue weighted by atomic mass is 10.1. The molecule has 80 valence electrons. The largest absolute Gasteiger partial charge is 0.478 e. The van der Waals surface area contributed by atoms with Gasteiger partial charge in [0.15, 0.2) is 0 Å². The summed E-state index contributed by atoms with van der Waals surface area (Å²) in [7, 11) is 0. The first-order valence-electron chi connectivity index (χ1n) is 4.49. The molecule has 0 saturated carbocycles. The van der Waals surface area contributed by atoms with Crippen molar-refractivity contribution in [3.05, 3.63) is 47.4 Å². The van der Waals surface area contributed by atoms with Gasteiger partial charge >= 0.3 is 5.97 Å². The summed E-state index contributed by atoms with van der Waals surface area (Å²) in [6.07, 6.45) is 1.25. The summed E-state index contributed by atoms with van der Waals surface area (Å²) >= 11 is 5.74. The van der Waals surface area contributed by atoms with Crippen molar-refractivity contribution in [3.8, 4) is 11.3 Å². The Kier molecular flexibility index (Phi) is 2.83. The molecule has 2 aromatic rings. The maximum atomic E-state index is 11.1. The second kappa shape index (κ2) is 4.28. The molecule has 16 heavy (non-hydrogen) atoms. The fourth-order valence-electron chi connectivity index (χ4n) is 1.37. The maximum Gasteiger partial charge on any atom is 0.341 e. The van der Waals surface area contributed by atoms with E-state index in [0.29, 0.717) is 11.3 Å². The fourth-order valence-corrected chi connectivity index (χ4v) is 1.58. The first-order chi connectivity index (χ1) is 7.70. The molecule has 4 nitrogen and oxygen atoms in total. The lowest BCUT2D eigenvalue weighted by Crippen LogP contribution is -2.04. The molecule has 0 amide bonds. The summed E-state index contributed by atoms with van der Waals surface area (Å²) in [6.45, 7) is 0. The Bertz CT molecular complexity index is 529. The number of benzene rings is 1. The van der Waals surface area contributed by atoms with Crippen molar-refractivity contribution in [3.63, 3.8) is 0 Å². The average Bonchev–Trinajstić information content (AvgIpc) is 2.29. The van der Waals surface area contributed by atoms with Crippen molar-refractivity contribution in [2.75, 3.05) is 0 Å². The molecule has 1 aromatic heterocycles. The number of halogens is 1. The van der Waals surface area contributed by atoms with E-state index >= 15 is 0 Å². The predicted molar refractivity (Wildman–Crippen MR) is 59.4 cm³/mol. The highest BCUT2D eigenvalue weighted by molar-refractivity contribution is 6.32. The topological polar surface area (TPSA) is 63.1 Å². The van der Waals surface area contributed by atoms with Crippen LogP contribution in [0.1, 0.15) is 10.4 Å². The third kappa shape index (κ3) is 1.87. The molecule has 0 radical (unpaired) electrons. The van der Waals surface area contributed by atoms with E-state index < -0.39 is 5.97 Å². The SMILES string of the molecule is O=C(O)c1c(Cl)ncnc1-c1ccccc1. The summed E-state index contributed by atoms with van der Waals surface area (Å²) in [4.78, 5) is 18.7. The molecule has 0 bridgehead atoms. The van der Waals surface area contributed by atoms with Crippen molar-refractivity contribution in [1.29, 1.82) is 0 Å². The van der Waals surface area contributed by atoms with Crippen LogP contribution in [0.2, 0.25) is 5.15 Å². The van der Waals surface area contributed by atoms with Crippen LogP contribution in [0.25, 0.3) is 11.3 Å². The third-order valence-corrected chi connectivity index (χ3v) is 2.35. The van der Waals surface area contributed by atoms with Gasteiger partial charge in [-0.1, -0.05) is 41.9 Å². The van der Waals surface area contributed by atoms with Gasteiger partial charge in [-0.2, -0.15) is 0 Å². The van der Waals surface area contributed by atoms with Gasteiger partial charge in [-0.3, -0.25) is 0 Å². The molecule has 1 heterocycles. The highest BCUT2D eigenvalue weighted by Crippen LogP contribution is 2.24. The van der Waals surface area contributed by atoms with E-state index in [1.807, 2.05) is 6.07 Å². The first kappa shape index (κ1) is 10.6. The molecule has 0 aliphatic rings. The van der Waals surface area contributed by atoms with Gasteiger partial charge in [-0.05, 0) is 0 Å². The number of aromatic nitrogens is 2. The predicted octanol–water partition coefficient (Wildman–Crippen LogP) is 2.50. The Morgan fingerprint density at radius 3 is 2.50 bits per heavy atom. The molecule has 0 fully saturated rings. The van der Waals surface area contributed by atoms with Crippen LogP contribution in [0, 0.1) is 0 Å². The monoisotopic (exact) mass is 234 g/mol.